The molecule has 0 radical (unpaired) electrons. The Morgan fingerprint density at radius 1 is 1.53 bits per heavy atom. The van der Waals surface area contributed by atoms with Crippen molar-refractivity contribution in [1.29, 1.82) is 0 Å². The molecule has 17 heavy (non-hydrogen) atoms. The molecule has 0 amide bonds. The van der Waals surface area contributed by atoms with Crippen LogP contribution < -0.4 is 10.1 Å². The van der Waals surface area contributed by atoms with Gasteiger partial charge >= 0.3 is 0 Å². The highest BCUT2D eigenvalue weighted by molar-refractivity contribution is 5.30. The molecule has 0 spiro atoms. The number of hydrogen-bond donors (Lipinski definition) is 2. The fourth-order valence-corrected chi connectivity index (χ4v) is 1.92. The molecule has 0 aromatic carbocycles. The molecule has 98 valence electrons. The predicted molar refractivity (Wildman–Crippen MR) is 67.1 cm³/mol. The van der Waals surface area contributed by atoms with Crippen LogP contribution in [0.1, 0.15) is 31.0 Å². The van der Waals surface area contributed by atoms with Gasteiger partial charge in [-0.3, -0.25) is 0 Å². The number of rotatable bonds is 7. The fraction of sp³-hybridized carbons (Fsp3) is 0.750. The average molecular weight is 241 g/mol. The summed E-state index contributed by atoms with van der Waals surface area (Å²) < 4.78 is 7.09. The van der Waals surface area contributed by atoms with Gasteiger partial charge in [-0.1, -0.05) is 0 Å². The molecule has 2 N–H and O–H groups in total. The van der Waals surface area contributed by atoms with Crippen LogP contribution in [0, 0.1) is 6.92 Å². The molecule has 0 saturated heterocycles. The Morgan fingerprint density at radius 3 is 2.82 bits per heavy atom. The Morgan fingerprint density at radius 2 is 2.24 bits per heavy atom. The van der Waals surface area contributed by atoms with Crippen molar-refractivity contribution in [3.05, 3.63) is 11.3 Å². The fourth-order valence-electron chi connectivity index (χ4n) is 1.92. The summed E-state index contributed by atoms with van der Waals surface area (Å²) in [7, 11) is 3.54. The molecule has 0 saturated carbocycles. The minimum absolute atomic E-state index is 0.251. The number of aryl methyl sites for hydroxylation is 2. The predicted octanol–water partition coefficient (Wildman–Crippen LogP) is 0.988. The zero-order valence-electron chi connectivity index (χ0n) is 11.2. The molecule has 1 heterocycles. The van der Waals surface area contributed by atoms with Crippen LogP contribution in [0.5, 0.6) is 5.88 Å². The smallest absolute Gasteiger partial charge is 0.216 e. The largest absolute Gasteiger partial charge is 0.481 e. The van der Waals surface area contributed by atoms with E-state index in [0.717, 1.165) is 36.5 Å². The summed E-state index contributed by atoms with van der Waals surface area (Å²) in [4.78, 5) is 0. The second-order valence-corrected chi connectivity index (χ2v) is 4.34. The molecule has 0 bridgehead atoms. The third-order valence-electron chi connectivity index (χ3n) is 2.90. The van der Waals surface area contributed by atoms with E-state index in [9.17, 15) is 0 Å². The molecule has 1 aromatic rings. The second kappa shape index (κ2) is 6.61. The molecule has 0 aliphatic carbocycles. The van der Waals surface area contributed by atoms with Crippen LogP contribution in [-0.4, -0.2) is 34.6 Å². The van der Waals surface area contributed by atoms with Gasteiger partial charge in [0.2, 0.25) is 5.88 Å². The normalized spacial score (nSPS) is 12.8. The van der Waals surface area contributed by atoms with Gasteiger partial charge in [0.05, 0.1) is 18.4 Å². The van der Waals surface area contributed by atoms with Gasteiger partial charge in [-0.15, -0.1) is 0 Å². The first-order valence-electron chi connectivity index (χ1n) is 6.00. The van der Waals surface area contributed by atoms with Gasteiger partial charge in [0, 0.05) is 26.2 Å². The lowest BCUT2D eigenvalue weighted by molar-refractivity contribution is 0.276. The lowest BCUT2D eigenvalue weighted by Crippen LogP contribution is -2.26. The van der Waals surface area contributed by atoms with Gasteiger partial charge in [-0.2, -0.15) is 5.10 Å². The number of nitrogens with one attached hydrogen (secondary N) is 1. The van der Waals surface area contributed by atoms with Gasteiger partial charge in [0.1, 0.15) is 0 Å². The summed E-state index contributed by atoms with van der Waals surface area (Å²) in [5.41, 5.74) is 2.09. The standard InChI is InChI=1S/C12H23N3O2/c1-9(6-5-7-16)13-8-11-10(2)14-15(3)12(11)17-4/h9,13,16H,5-8H2,1-4H3. The second-order valence-electron chi connectivity index (χ2n) is 4.34. The summed E-state index contributed by atoms with van der Waals surface area (Å²) in [6.07, 6.45) is 1.80. The minimum atomic E-state index is 0.251. The minimum Gasteiger partial charge on any atom is -0.481 e. The molecular weight excluding hydrogens is 218 g/mol. The Balaban J connectivity index is 2.56. The van der Waals surface area contributed by atoms with Crippen LogP contribution in [0.2, 0.25) is 0 Å². The summed E-state index contributed by atoms with van der Waals surface area (Å²) in [5.74, 6) is 0.810. The van der Waals surface area contributed by atoms with Crippen molar-refractivity contribution in [3.8, 4) is 5.88 Å². The van der Waals surface area contributed by atoms with Gasteiger partial charge in [0.15, 0.2) is 0 Å². The number of aromatic nitrogens is 2. The molecule has 1 aromatic heterocycles. The maximum Gasteiger partial charge on any atom is 0.216 e. The Labute approximate surface area is 103 Å². The number of aliphatic hydroxyl groups excluding tert-OH is 1. The van der Waals surface area contributed by atoms with E-state index in [1.807, 2.05) is 14.0 Å². The van der Waals surface area contributed by atoms with E-state index in [1.54, 1.807) is 11.8 Å². The van der Waals surface area contributed by atoms with Gasteiger partial charge < -0.3 is 15.2 Å². The zero-order valence-corrected chi connectivity index (χ0v) is 11.2. The topological polar surface area (TPSA) is 59.3 Å². The number of methoxy groups -OCH3 is 1. The van der Waals surface area contributed by atoms with Gasteiger partial charge in [-0.05, 0) is 26.7 Å². The highest BCUT2D eigenvalue weighted by Gasteiger charge is 2.14. The lowest BCUT2D eigenvalue weighted by Gasteiger charge is -2.13. The van der Waals surface area contributed by atoms with Crippen molar-refractivity contribution in [2.24, 2.45) is 7.05 Å². The quantitative estimate of drug-likeness (QED) is 0.747. The third kappa shape index (κ3) is 3.71. The highest BCUT2D eigenvalue weighted by atomic mass is 16.5. The van der Waals surface area contributed by atoms with Crippen molar-refractivity contribution in [1.82, 2.24) is 15.1 Å². The van der Waals surface area contributed by atoms with Crippen molar-refractivity contribution in [2.45, 2.75) is 39.3 Å². The zero-order chi connectivity index (χ0) is 12.8. The first kappa shape index (κ1) is 14.0. The molecular formula is C12H23N3O2. The monoisotopic (exact) mass is 241 g/mol. The Kier molecular flexibility index (Phi) is 5.44. The van der Waals surface area contributed by atoms with Crippen LogP contribution >= 0.6 is 0 Å². The van der Waals surface area contributed by atoms with E-state index in [0.29, 0.717) is 6.04 Å². The number of ether oxygens (including phenoxy) is 1. The SMILES string of the molecule is COc1c(CNC(C)CCCO)c(C)nn1C. The molecule has 1 atom stereocenters. The maximum absolute atomic E-state index is 8.77. The Hall–Kier alpha value is -1.07. The molecule has 0 aliphatic rings. The van der Waals surface area contributed by atoms with Gasteiger partial charge in [-0.25, -0.2) is 4.68 Å². The summed E-state index contributed by atoms with van der Waals surface area (Å²) in [5, 5.41) is 16.5. The van der Waals surface area contributed by atoms with Crippen LogP contribution in [-0.2, 0) is 13.6 Å². The van der Waals surface area contributed by atoms with Crippen LogP contribution in [0.3, 0.4) is 0 Å². The van der Waals surface area contributed by atoms with Gasteiger partial charge in [0.25, 0.3) is 0 Å². The van der Waals surface area contributed by atoms with E-state index < -0.39 is 0 Å². The number of nitrogens with zero attached hydrogens (tertiary/aromatic N) is 2. The van der Waals surface area contributed by atoms with Crippen LogP contribution in [0.15, 0.2) is 0 Å². The van der Waals surface area contributed by atoms with Crippen LogP contribution in [0.4, 0.5) is 0 Å². The van der Waals surface area contributed by atoms with E-state index in [4.69, 9.17) is 9.84 Å². The number of hydrogen-bond acceptors (Lipinski definition) is 4. The summed E-state index contributed by atoms with van der Waals surface area (Å²) in [6, 6.07) is 0.381. The lowest BCUT2D eigenvalue weighted by atomic mass is 10.1. The first-order chi connectivity index (χ1) is 8.10. The van der Waals surface area contributed by atoms with Crippen molar-refractivity contribution >= 4 is 0 Å². The highest BCUT2D eigenvalue weighted by Crippen LogP contribution is 2.20. The van der Waals surface area contributed by atoms with E-state index in [1.165, 1.54) is 0 Å². The molecule has 1 unspecified atom stereocenters. The van der Waals surface area contributed by atoms with Crippen LogP contribution in [0.25, 0.3) is 0 Å². The van der Waals surface area contributed by atoms with E-state index >= 15 is 0 Å². The van der Waals surface area contributed by atoms with Crippen molar-refractivity contribution in [2.75, 3.05) is 13.7 Å². The number of aliphatic hydroxyl groups is 1. The van der Waals surface area contributed by atoms with E-state index in [2.05, 4.69) is 17.3 Å². The summed E-state index contributed by atoms with van der Waals surface area (Å²) >= 11 is 0. The average Bonchev–Trinajstić information content (AvgIpc) is 2.57. The molecule has 0 fully saturated rings. The molecule has 5 nitrogen and oxygen atoms in total. The summed E-state index contributed by atoms with van der Waals surface area (Å²) in [6.45, 7) is 5.10. The maximum atomic E-state index is 8.77. The van der Waals surface area contributed by atoms with Crippen molar-refractivity contribution < 1.29 is 9.84 Å². The molecule has 0 aliphatic heterocycles. The van der Waals surface area contributed by atoms with Crippen molar-refractivity contribution in [3.63, 3.8) is 0 Å². The van der Waals surface area contributed by atoms with E-state index in [-0.39, 0.29) is 6.61 Å². The molecule has 5 heteroatoms. The molecule has 1 rings (SSSR count). The third-order valence-corrected chi connectivity index (χ3v) is 2.90. The first-order valence-corrected chi connectivity index (χ1v) is 6.00. The Bertz CT molecular complexity index is 350.